The third-order valence-electron chi connectivity index (χ3n) is 1.98. The van der Waals surface area contributed by atoms with Gasteiger partial charge in [0, 0.05) is 12.1 Å². The molecule has 0 spiro atoms. The van der Waals surface area contributed by atoms with Crippen molar-refractivity contribution in [3.05, 3.63) is 12.2 Å². The van der Waals surface area contributed by atoms with Gasteiger partial charge >= 0.3 is 10.4 Å². The summed E-state index contributed by atoms with van der Waals surface area (Å²) in [4.78, 5) is 13.0. The average molecular weight is 294 g/mol. The smallest absolute Gasteiger partial charge is 0.350 e. The van der Waals surface area contributed by atoms with Crippen molar-refractivity contribution in [3.63, 3.8) is 0 Å². The summed E-state index contributed by atoms with van der Waals surface area (Å²) in [5.74, 6) is -0.340. The summed E-state index contributed by atoms with van der Waals surface area (Å²) in [6.07, 6.45) is 0.585. The van der Waals surface area contributed by atoms with Crippen LogP contribution in [0.5, 0.6) is 0 Å². The second-order valence-corrected chi connectivity index (χ2v) is 5.53. The lowest BCUT2D eigenvalue weighted by Crippen LogP contribution is -2.28. The fourth-order valence-electron chi connectivity index (χ4n) is 1.03. The van der Waals surface area contributed by atoms with Crippen molar-refractivity contribution in [1.29, 1.82) is 0 Å². The summed E-state index contributed by atoms with van der Waals surface area (Å²) in [5.41, 5.74) is 0.350. The molecule has 0 fully saturated rings. The SMILES string of the molecule is C=C(C)C(=O)NCCOS(=O)(=O)OCCCN(C)C. The molecular formula is C11H22N2O5S. The molecular weight excluding hydrogens is 272 g/mol. The first-order chi connectivity index (χ1) is 8.74. The van der Waals surface area contributed by atoms with Gasteiger partial charge in [-0.1, -0.05) is 6.58 Å². The van der Waals surface area contributed by atoms with E-state index in [9.17, 15) is 13.2 Å². The van der Waals surface area contributed by atoms with Gasteiger partial charge in [0.25, 0.3) is 0 Å². The number of hydrogen-bond donors (Lipinski definition) is 1. The maximum Gasteiger partial charge on any atom is 0.399 e. The highest BCUT2D eigenvalue weighted by Crippen LogP contribution is 1.97. The van der Waals surface area contributed by atoms with Gasteiger partial charge in [-0.25, -0.2) is 8.37 Å². The molecule has 0 heterocycles. The van der Waals surface area contributed by atoms with Crippen molar-refractivity contribution in [3.8, 4) is 0 Å². The molecule has 0 unspecified atom stereocenters. The molecule has 19 heavy (non-hydrogen) atoms. The molecule has 0 saturated heterocycles. The predicted molar refractivity (Wildman–Crippen MR) is 71.8 cm³/mol. The second kappa shape index (κ2) is 9.03. The van der Waals surface area contributed by atoms with E-state index in [1.54, 1.807) is 6.92 Å². The van der Waals surface area contributed by atoms with E-state index in [4.69, 9.17) is 0 Å². The van der Waals surface area contributed by atoms with Crippen molar-refractivity contribution in [1.82, 2.24) is 10.2 Å². The fraction of sp³-hybridized carbons (Fsp3) is 0.727. The molecule has 0 rings (SSSR count). The van der Waals surface area contributed by atoms with Gasteiger partial charge in [-0.3, -0.25) is 4.79 Å². The molecule has 0 aliphatic carbocycles. The molecule has 0 saturated carbocycles. The molecule has 1 N–H and O–H groups in total. The Morgan fingerprint density at radius 2 is 1.84 bits per heavy atom. The number of hydrogen-bond acceptors (Lipinski definition) is 6. The van der Waals surface area contributed by atoms with Gasteiger partial charge in [0.2, 0.25) is 5.91 Å². The van der Waals surface area contributed by atoms with Crippen LogP contribution in [-0.4, -0.2) is 59.6 Å². The lowest BCUT2D eigenvalue weighted by Gasteiger charge is -2.09. The Morgan fingerprint density at radius 1 is 1.26 bits per heavy atom. The number of nitrogens with one attached hydrogen (secondary N) is 1. The van der Waals surface area contributed by atoms with Crippen molar-refractivity contribution in [2.75, 3.05) is 40.4 Å². The number of amides is 1. The van der Waals surface area contributed by atoms with Crippen LogP contribution in [0.15, 0.2) is 12.2 Å². The lowest BCUT2D eigenvalue weighted by atomic mass is 10.3. The van der Waals surface area contributed by atoms with Gasteiger partial charge in [-0.2, -0.15) is 8.42 Å². The average Bonchev–Trinajstić information content (AvgIpc) is 2.29. The van der Waals surface area contributed by atoms with Gasteiger partial charge < -0.3 is 10.2 Å². The van der Waals surface area contributed by atoms with Crippen molar-refractivity contribution < 1.29 is 21.6 Å². The van der Waals surface area contributed by atoms with E-state index >= 15 is 0 Å². The van der Waals surface area contributed by atoms with E-state index in [0.717, 1.165) is 6.54 Å². The first-order valence-electron chi connectivity index (χ1n) is 5.87. The standard InChI is InChI=1S/C11H22N2O5S/c1-10(2)11(14)12-6-9-18-19(15,16)17-8-5-7-13(3)4/h1,5-9H2,2-4H3,(H,12,14). The summed E-state index contributed by atoms with van der Waals surface area (Å²) in [6, 6.07) is 0. The topological polar surface area (TPSA) is 84.9 Å². The number of carbonyl (C=O) groups excluding carboxylic acids is 1. The van der Waals surface area contributed by atoms with Crippen molar-refractivity contribution >= 4 is 16.3 Å². The molecule has 112 valence electrons. The van der Waals surface area contributed by atoms with Gasteiger partial charge in [0.15, 0.2) is 0 Å². The Balaban J connectivity index is 3.74. The van der Waals surface area contributed by atoms with E-state index in [1.807, 2.05) is 19.0 Å². The van der Waals surface area contributed by atoms with Crippen LogP contribution in [0.2, 0.25) is 0 Å². The summed E-state index contributed by atoms with van der Waals surface area (Å²) in [6.45, 7) is 5.70. The molecule has 0 aromatic rings. The highest BCUT2D eigenvalue weighted by molar-refractivity contribution is 7.81. The van der Waals surface area contributed by atoms with Crippen LogP contribution >= 0.6 is 0 Å². The summed E-state index contributed by atoms with van der Waals surface area (Å²) in [7, 11) is -0.222. The highest BCUT2D eigenvalue weighted by atomic mass is 32.3. The monoisotopic (exact) mass is 294 g/mol. The lowest BCUT2D eigenvalue weighted by molar-refractivity contribution is -0.117. The molecule has 0 aromatic heterocycles. The van der Waals surface area contributed by atoms with Crippen LogP contribution in [0, 0.1) is 0 Å². The molecule has 8 heteroatoms. The third kappa shape index (κ3) is 10.6. The molecule has 0 atom stereocenters. The van der Waals surface area contributed by atoms with E-state index in [1.165, 1.54) is 0 Å². The third-order valence-corrected chi connectivity index (χ3v) is 2.89. The number of rotatable bonds is 10. The van der Waals surface area contributed by atoms with Gasteiger partial charge in [-0.05, 0) is 34.0 Å². The number of carbonyl (C=O) groups is 1. The van der Waals surface area contributed by atoms with E-state index in [0.29, 0.717) is 12.0 Å². The van der Waals surface area contributed by atoms with Crippen molar-refractivity contribution in [2.45, 2.75) is 13.3 Å². The molecule has 0 radical (unpaired) electrons. The van der Waals surface area contributed by atoms with Crippen LogP contribution in [-0.2, 0) is 23.6 Å². The quantitative estimate of drug-likeness (QED) is 0.448. The Labute approximate surface area is 114 Å². The minimum absolute atomic E-state index is 0.0681. The van der Waals surface area contributed by atoms with Gasteiger partial charge in [0.1, 0.15) is 0 Å². The van der Waals surface area contributed by atoms with E-state index < -0.39 is 10.4 Å². The molecule has 0 aliphatic rings. The Bertz CT molecular complexity index is 392. The molecule has 0 bridgehead atoms. The first kappa shape index (κ1) is 18.0. The number of nitrogens with zero attached hydrogens (tertiary/aromatic N) is 1. The molecule has 0 aliphatic heterocycles. The Kier molecular flexibility index (Phi) is 8.57. The normalized spacial score (nSPS) is 11.6. The summed E-state index contributed by atoms with van der Waals surface area (Å²) < 4.78 is 31.7. The van der Waals surface area contributed by atoms with Crippen LogP contribution in [0.4, 0.5) is 0 Å². The van der Waals surface area contributed by atoms with Gasteiger partial charge in [0.05, 0.1) is 13.2 Å². The predicted octanol–water partition coefficient (Wildman–Crippen LogP) is -0.0916. The zero-order valence-electron chi connectivity index (χ0n) is 11.6. The molecule has 7 nitrogen and oxygen atoms in total. The minimum Gasteiger partial charge on any atom is -0.350 e. The second-order valence-electron chi connectivity index (χ2n) is 4.25. The van der Waals surface area contributed by atoms with Crippen LogP contribution in [0.25, 0.3) is 0 Å². The summed E-state index contributed by atoms with van der Waals surface area (Å²) in [5, 5.41) is 2.45. The van der Waals surface area contributed by atoms with Crippen LogP contribution in [0.1, 0.15) is 13.3 Å². The van der Waals surface area contributed by atoms with Crippen LogP contribution < -0.4 is 5.32 Å². The zero-order chi connectivity index (χ0) is 14.9. The van der Waals surface area contributed by atoms with Crippen LogP contribution in [0.3, 0.4) is 0 Å². The Hall–Kier alpha value is -0.960. The largest absolute Gasteiger partial charge is 0.399 e. The maximum atomic E-state index is 11.3. The fourth-order valence-corrected chi connectivity index (χ4v) is 1.71. The maximum absolute atomic E-state index is 11.3. The zero-order valence-corrected chi connectivity index (χ0v) is 12.5. The molecule has 0 aromatic carbocycles. The van der Waals surface area contributed by atoms with E-state index in [-0.39, 0.29) is 25.7 Å². The Morgan fingerprint density at radius 3 is 2.37 bits per heavy atom. The first-order valence-corrected chi connectivity index (χ1v) is 7.20. The van der Waals surface area contributed by atoms with Gasteiger partial charge in [-0.15, -0.1) is 0 Å². The summed E-state index contributed by atoms with van der Waals surface area (Å²) >= 11 is 0. The minimum atomic E-state index is -3.99. The molecule has 1 amide bonds. The van der Waals surface area contributed by atoms with E-state index in [2.05, 4.69) is 20.3 Å². The highest BCUT2D eigenvalue weighted by Gasteiger charge is 2.11. The van der Waals surface area contributed by atoms with Crippen molar-refractivity contribution in [2.24, 2.45) is 0 Å².